The molecule has 0 aliphatic rings. The van der Waals surface area contributed by atoms with Crippen molar-refractivity contribution in [3.63, 3.8) is 0 Å². The second kappa shape index (κ2) is 4.76. The van der Waals surface area contributed by atoms with Gasteiger partial charge in [-0.3, -0.25) is 0 Å². The molecule has 0 aliphatic carbocycles. The average molecular weight is 171 g/mol. The maximum absolute atomic E-state index is 4.63. The van der Waals surface area contributed by atoms with Gasteiger partial charge in [0.05, 0.1) is 0 Å². The minimum atomic E-state index is -1.27. The Morgan fingerprint density at radius 1 is 1.00 bits per heavy atom. The quantitative estimate of drug-likeness (QED) is 0.576. The number of rotatable bonds is 2. The fourth-order valence-corrected chi connectivity index (χ4v) is 1.81. The first kappa shape index (κ1) is 11.8. The van der Waals surface area contributed by atoms with Crippen molar-refractivity contribution in [2.45, 2.75) is 19.6 Å². The van der Waals surface area contributed by atoms with Crippen LogP contribution < -0.4 is 18.9 Å². The molecule has 1 aromatic rings. The Labute approximate surface area is 87.8 Å². The summed E-state index contributed by atoms with van der Waals surface area (Å²) in [5, 5.41) is 0. The van der Waals surface area contributed by atoms with Crippen LogP contribution in [-0.2, 0) is 0 Å². The summed E-state index contributed by atoms with van der Waals surface area (Å²) in [7, 11) is -1.27. The van der Waals surface area contributed by atoms with Gasteiger partial charge in [0.15, 0.2) is 0 Å². The van der Waals surface area contributed by atoms with Gasteiger partial charge in [-0.2, -0.15) is 0 Å². The Kier molecular flexibility index (Phi) is 4.70. The smallest absolute Gasteiger partial charge is 0.687 e. The van der Waals surface area contributed by atoms with Crippen LogP contribution in [0.1, 0.15) is 0 Å². The summed E-state index contributed by atoms with van der Waals surface area (Å²) in [6.07, 6.45) is 0. The van der Waals surface area contributed by atoms with E-state index in [4.69, 9.17) is 0 Å². The number of hydrogen-bond acceptors (Lipinski definition) is 0. The second-order valence-corrected chi connectivity index (χ2v) is 8.18. The molecule has 0 unspecified atom stereocenters. The molecular weight excluding hydrogens is 157 g/mol. The standard InChI is InChI=1S/C9H14NSi.Li/c1-11(2,3)10-9-7-5-4-6-8-9;/h4-8H,1-3H3;/q-1;+1. The van der Waals surface area contributed by atoms with Crippen LogP contribution in [0, 0.1) is 0 Å². The molecule has 0 spiro atoms. The van der Waals surface area contributed by atoms with Crippen molar-refractivity contribution >= 4 is 13.9 Å². The number of hydrogen-bond donors (Lipinski definition) is 0. The molecule has 0 aliphatic heterocycles. The van der Waals surface area contributed by atoms with Crippen LogP contribution in [0.25, 0.3) is 4.98 Å². The molecule has 0 saturated heterocycles. The molecule has 0 heterocycles. The van der Waals surface area contributed by atoms with Crippen molar-refractivity contribution in [1.82, 2.24) is 0 Å². The molecular formula is C9H14LiNSi. The summed E-state index contributed by atoms with van der Waals surface area (Å²) < 4.78 is 0. The molecule has 1 rings (SSSR count). The molecule has 0 aromatic heterocycles. The Bertz CT molecular complexity index is 218. The molecule has 0 radical (unpaired) electrons. The van der Waals surface area contributed by atoms with Crippen LogP contribution >= 0.6 is 0 Å². The first-order valence-electron chi connectivity index (χ1n) is 3.86. The van der Waals surface area contributed by atoms with Crippen LogP contribution in [0.3, 0.4) is 0 Å². The van der Waals surface area contributed by atoms with Crippen LogP contribution in [0.5, 0.6) is 0 Å². The monoisotopic (exact) mass is 171 g/mol. The zero-order valence-corrected chi connectivity index (χ0v) is 9.33. The van der Waals surface area contributed by atoms with Crippen molar-refractivity contribution in [2.75, 3.05) is 0 Å². The SMILES string of the molecule is C[Si](C)(C)[N-]c1ccccc1.[Li+]. The van der Waals surface area contributed by atoms with E-state index in [2.05, 4.69) is 36.8 Å². The first-order chi connectivity index (χ1) is 5.08. The van der Waals surface area contributed by atoms with Gasteiger partial charge in [-0.1, -0.05) is 50.0 Å². The summed E-state index contributed by atoms with van der Waals surface area (Å²) in [4.78, 5) is 4.63. The molecule has 1 nitrogen and oxygen atoms in total. The second-order valence-electron chi connectivity index (χ2n) is 3.62. The van der Waals surface area contributed by atoms with Crippen molar-refractivity contribution < 1.29 is 18.9 Å². The molecule has 0 bridgehead atoms. The fraction of sp³-hybridized carbons (Fsp3) is 0.333. The Morgan fingerprint density at radius 3 is 1.92 bits per heavy atom. The van der Waals surface area contributed by atoms with Crippen LogP contribution in [0.15, 0.2) is 30.3 Å². The summed E-state index contributed by atoms with van der Waals surface area (Å²) in [5.41, 5.74) is 1.12. The summed E-state index contributed by atoms with van der Waals surface area (Å²) >= 11 is 0. The molecule has 1 aromatic carbocycles. The summed E-state index contributed by atoms with van der Waals surface area (Å²) in [5.74, 6) is 0. The number of nitrogens with zero attached hydrogens (tertiary/aromatic N) is 1. The molecule has 0 amide bonds. The average Bonchev–Trinajstić information content (AvgIpc) is 1.85. The Balaban J connectivity index is 0.00000121. The van der Waals surface area contributed by atoms with Crippen molar-refractivity contribution in [3.05, 3.63) is 35.3 Å². The van der Waals surface area contributed by atoms with E-state index in [1.54, 1.807) is 0 Å². The minimum Gasteiger partial charge on any atom is -0.687 e. The molecule has 0 fully saturated rings. The molecule has 0 saturated carbocycles. The maximum atomic E-state index is 4.63. The van der Waals surface area contributed by atoms with Crippen molar-refractivity contribution in [3.8, 4) is 0 Å². The van der Waals surface area contributed by atoms with Gasteiger partial charge >= 0.3 is 18.9 Å². The number of benzene rings is 1. The van der Waals surface area contributed by atoms with E-state index in [0.717, 1.165) is 5.69 Å². The Hall–Kier alpha value is -0.166. The van der Waals surface area contributed by atoms with Gasteiger partial charge in [0.25, 0.3) is 0 Å². The predicted molar refractivity (Wildman–Crippen MR) is 52.8 cm³/mol. The van der Waals surface area contributed by atoms with E-state index in [1.165, 1.54) is 0 Å². The third-order valence-electron chi connectivity index (χ3n) is 1.22. The molecule has 12 heavy (non-hydrogen) atoms. The maximum Gasteiger partial charge on any atom is 1.00 e. The minimum absolute atomic E-state index is 0. The van der Waals surface area contributed by atoms with Gasteiger partial charge < -0.3 is 4.98 Å². The van der Waals surface area contributed by atoms with Gasteiger partial charge in [0, 0.05) is 0 Å². The van der Waals surface area contributed by atoms with Gasteiger partial charge in [-0.15, -0.1) is 5.69 Å². The van der Waals surface area contributed by atoms with E-state index in [1.807, 2.05) is 18.2 Å². The first-order valence-corrected chi connectivity index (χ1v) is 7.31. The zero-order valence-electron chi connectivity index (χ0n) is 8.33. The van der Waals surface area contributed by atoms with Crippen LogP contribution in [-0.4, -0.2) is 8.24 Å². The topological polar surface area (TPSA) is 14.1 Å². The molecule has 0 N–H and O–H groups in total. The molecule has 3 heteroatoms. The van der Waals surface area contributed by atoms with Gasteiger partial charge in [0.1, 0.15) is 0 Å². The van der Waals surface area contributed by atoms with Crippen molar-refractivity contribution in [2.24, 2.45) is 0 Å². The molecule has 60 valence electrons. The van der Waals surface area contributed by atoms with E-state index < -0.39 is 8.24 Å². The van der Waals surface area contributed by atoms with E-state index >= 15 is 0 Å². The van der Waals surface area contributed by atoms with Gasteiger partial charge in [-0.25, -0.2) is 0 Å². The fourth-order valence-electron chi connectivity index (χ4n) is 0.890. The van der Waals surface area contributed by atoms with Gasteiger partial charge in [-0.05, 0) is 8.24 Å². The predicted octanol–water partition coefficient (Wildman–Crippen LogP) is 0.531. The third-order valence-corrected chi connectivity index (χ3v) is 2.15. The largest absolute Gasteiger partial charge is 1.00 e. The van der Waals surface area contributed by atoms with Crippen LogP contribution in [0.4, 0.5) is 5.69 Å². The zero-order chi connectivity index (χ0) is 8.32. The van der Waals surface area contributed by atoms with Crippen molar-refractivity contribution in [1.29, 1.82) is 0 Å². The van der Waals surface area contributed by atoms with E-state index in [9.17, 15) is 0 Å². The summed E-state index contributed by atoms with van der Waals surface area (Å²) in [6.45, 7) is 6.71. The Morgan fingerprint density at radius 2 is 1.50 bits per heavy atom. The van der Waals surface area contributed by atoms with Gasteiger partial charge in [0.2, 0.25) is 0 Å². The van der Waals surface area contributed by atoms with Crippen LogP contribution in [0.2, 0.25) is 19.6 Å². The third kappa shape index (κ3) is 4.66. The molecule has 0 atom stereocenters. The van der Waals surface area contributed by atoms with E-state index in [-0.39, 0.29) is 18.9 Å². The van der Waals surface area contributed by atoms with E-state index in [0.29, 0.717) is 0 Å². The summed E-state index contributed by atoms with van der Waals surface area (Å²) in [6, 6.07) is 10.2. The normalized spacial score (nSPS) is 10.2.